The van der Waals surface area contributed by atoms with Crippen molar-refractivity contribution in [3.05, 3.63) is 29.1 Å². The Morgan fingerprint density at radius 3 is 2.88 bits per heavy atom. The second kappa shape index (κ2) is 9.14. The number of benzene rings is 1. The molecule has 0 aliphatic carbocycles. The Labute approximate surface area is 163 Å². The average molecular weight is 419 g/mol. The Morgan fingerprint density at radius 2 is 2.19 bits per heavy atom. The zero-order valence-corrected chi connectivity index (χ0v) is 16.9. The van der Waals surface area contributed by atoms with Gasteiger partial charge in [-0.15, -0.1) is 23.7 Å². The van der Waals surface area contributed by atoms with E-state index in [1.807, 2.05) is 0 Å². The lowest BCUT2D eigenvalue weighted by Gasteiger charge is -2.10. The lowest BCUT2D eigenvalue weighted by atomic mass is 10.1. The maximum absolute atomic E-state index is 12.5. The van der Waals surface area contributed by atoms with Gasteiger partial charge >= 0.3 is 5.97 Å². The van der Waals surface area contributed by atoms with Crippen molar-refractivity contribution in [2.24, 2.45) is 5.92 Å². The highest BCUT2D eigenvalue weighted by Gasteiger charge is 2.19. The van der Waals surface area contributed by atoms with Gasteiger partial charge < -0.3 is 10.1 Å². The van der Waals surface area contributed by atoms with Gasteiger partial charge in [-0.05, 0) is 68.4 Å². The van der Waals surface area contributed by atoms with E-state index < -0.39 is 10.0 Å². The highest BCUT2D eigenvalue weighted by atomic mass is 35.5. The fourth-order valence-electron chi connectivity index (χ4n) is 2.93. The highest BCUT2D eigenvalue weighted by Crippen LogP contribution is 2.28. The van der Waals surface area contributed by atoms with E-state index in [1.165, 1.54) is 11.3 Å². The molecule has 3 rings (SSSR count). The van der Waals surface area contributed by atoms with Crippen LogP contribution < -0.4 is 10.0 Å². The van der Waals surface area contributed by atoms with Gasteiger partial charge in [-0.3, -0.25) is 0 Å². The molecule has 1 fully saturated rings. The van der Waals surface area contributed by atoms with Gasteiger partial charge in [-0.2, -0.15) is 0 Å². The number of nitrogens with one attached hydrogen (secondary N) is 2. The van der Waals surface area contributed by atoms with Gasteiger partial charge in [0.1, 0.15) is 4.88 Å². The predicted molar refractivity (Wildman–Crippen MR) is 106 cm³/mol. The number of carbonyl (C=O) groups excluding carboxylic acids is 1. The van der Waals surface area contributed by atoms with Crippen molar-refractivity contribution >= 4 is 49.8 Å². The van der Waals surface area contributed by atoms with Crippen LogP contribution in [0, 0.1) is 5.92 Å². The molecule has 2 aromatic rings. The fraction of sp³-hybridized carbons (Fsp3) is 0.471. The van der Waals surface area contributed by atoms with Crippen LogP contribution in [0.1, 0.15) is 29.4 Å². The standard InChI is InChI=1S/C17H22N2O4S2.ClH/c1-2-23-17(20)16-10-13-9-14(3-4-15(13)24-16)25(21,22)19-8-6-12-5-7-18-11-12;/h3-4,9-10,12,18-19H,2,5-8,11H2,1H3;1H. The van der Waals surface area contributed by atoms with Gasteiger partial charge in [0.25, 0.3) is 0 Å². The van der Waals surface area contributed by atoms with Crippen molar-refractivity contribution < 1.29 is 17.9 Å². The van der Waals surface area contributed by atoms with Gasteiger partial charge in [0.2, 0.25) is 10.0 Å². The summed E-state index contributed by atoms with van der Waals surface area (Å²) in [7, 11) is -3.55. The van der Waals surface area contributed by atoms with E-state index in [2.05, 4.69) is 10.0 Å². The molecule has 1 aliphatic heterocycles. The van der Waals surface area contributed by atoms with Crippen LogP contribution in [0.15, 0.2) is 29.2 Å². The number of hydrogen-bond donors (Lipinski definition) is 2. The average Bonchev–Trinajstić information content (AvgIpc) is 3.23. The van der Waals surface area contributed by atoms with Crippen molar-refractivity contribution in [1.29, 1.82) is 0 Å². The molecule has 1 unspecified atom stereocenters. The summed E-state index contributed by atoms with van der Waals surface area (Å²) in [6, 6.07) is 6.60. The normalized spacial score (nSPS) is 17.2. The molecule has 144 valence electrons. The van der Waals surface area contributed by atoms with Crippen LogP contribution in [0.3, 0.4) is 0 Å². The number of thiophene rings is 1. The van der Waals surface area contributed by atoms with E-state index >= 15 is 0 Å². The third kappa shape index (κ3) is 4.95. The Morgan fingerprint density at radius 1 is 1.38 bits per heavy atom. The Balaban J connectivity index is 0.00000243. The molecular weight excluding hydrogens is 396 g/mol. The number of carbonyl (C=O) groups is 1. The molecule has 1 aromatic heterocycles. The summed E-state index contributed by atoms with van der Waals surface area (Å²) in [4.78, 5) is 12.5. The van der Waals surface area contributed by atoms with Crippen LogP contribution in [0.4, 0.5) is 0 Å². The summed E-state index contributed by atoms with van der Waals surface area (Å²) in [6.07, 6.45) is 1.93. The van der Waals surface area contributed by atoms with E-state index in [4.69, 9.17) is 4.74 Å². The van der Waals surface area contributed by atoms with Gasteiger partial charge in [-0.25, -0.2) is 17.9 Å². The van der Waals surface area contributed by atoms with Crippen LogP contribution >= 0.6 is 23.7 Å². The number of fused-ring (bicyclic) bond motifs is 1. The SMILES string of the molecule is CCOC(=O)c1cc2cc(S(=O)(=O)NCCC3CCNC3)ccc2s1.Cl. The lowest BCUT2D eigenvalue weighted by molar-refractivity contribution is 0.0532. The molecule has 1 aromatic carbocycles. The van der Waals surface area contributed by atoms with Crippen LogP contribution in [0.2, 0.25) is 0 Å². The molecule has 2 N–H and O–H groups in total. The lowest BCUT2D eigenvalue weighted by Crippen LogP contribution is -2.26. The largest absolute Gasteiger partial charge is 0.462 e. The van der Waals surface area contributed by atoms with Crippen molar-refractivity contribution in [2.45, 2.75) is 24.7 Å². The third-order valence-corrected chi connectivity index (χ3v) is 6.84. The second-order valence-electron chi connectivity index (χ2n) is 6.08. The minimum atomic E-state index is -3.55. The molecule has 26 heavy (non-hydrogen) atoms. The molecule has 0 spiro atoms. The van der Waals surface area contributed by atoms with Crippen molar-refractivity contribution in [3.8, 4) is 0 Å². The molecule has 0 saturated carbocycles. The number of ether oxygens (including phenoxy) is 1. The van der Waals surface area contributed by atoms with Crippen LogP contribution in [0.25, 0.3) is 10.1 Å². The summed E-state index contributed by atoms with van der Waals surface area (Å²) in [5, 5.41) is 4.01. The molecule has 0 bridgehead atoms. The van der Waals surface area contributed by atoms with Gasteiger partial charge in [0, 0.05) is 11.2 Å². The van der Waals surface area contributed by atoms with Gasteiger partial charge in [0.05, 0.1) is 11.5 Å². The van der Waals surface area contributed by atoms with E-state index in [0.29, 0.717) is 23.9 Å². The summed E-state index contributed by atoms with van der Waals surface area (Å²) in [6.45, 7) is 4.47. The summed E-state index contributed by atoms with van der Waals surface area (Å²) < 4.78 is 33.5. The highest BCUT2D eigenvalue weighted by molar-refractivity contribution is 7.89. The minimum absolute atomic E-state index is 0. The van der Waals surface area contributed by atoms with Crippen molar-refractivity contribution in [2.75, 3.05) is 26.2 Å². The van der Waals surface area contributed by atoms with Crippen molar-refractivity contribution in [1.82, 2.24) is 10.0 Å². The number of hydrogen-bond acceptors (Lipinski definition) is 6. The summed E-state index contributed by atoms with van der Waals surface area (Å²) >= 11 is 1.30. The molecule has 1 atom stereocenters. The third-order valence-electron chi connectivity index (χ3n) is 4.28. The second-order valence-corrected chi connectivity index (χ2v) is 8.93. The maximum Gasteiger partial charge on any atom is 0.348 e. The number of halogens is 1. The monoisotopic (exact) mass is 418 g/mol. The molecule has 2 heterocycles. The Hall–Kier alpha value is -1.19. The van der Waals surface area contributed by atoms with Crippen LogP contribution in [-0.4, -0.2) is 40.6 Å². The zero-order chi connectivity index (χ0) is 17.9. The van der Waals surface area contributed by atoms with Gasteiger partial charge in [-0.1, -0.05) is 0 Å². The van der Waals surface area contributed by atoms with E-state index in [1.54, 1.807) is 31.2 Å². The Kier molecular flexibility index (Phi) is 7.42. The molecule has 0 radical (unpaired) electrons. The first-order chi connectivity index (χ1) is 12.0. The smallest absolute Gasteiger partial charge is 0.348 e. The number of rotatable bonds is 7. The first kappa shape index (κ1) is 21.1. The van der Waals surface area contributed by atoms with E-state index in [0.717, 1.165) is 36.0 Å². The first-order valence-corrected chi connectivity index (χ1v) is 10.7. The van der Waals surface area contributed by atoms with Gasteiger partial charge in [0.15, 0.2) is 0 Å². The summed E-state index contributed by atoms with van der Waals surface area (Å²) in [5.41, 5.74) is 0. The van der Waals surface area contributed by atoms with E-state index in [-0.39, 0.29) is 23.3 Å². The number of esters is 1. The fourth-order valence-corrected chi connectivity index (χ4v) is 4.95. The molecular formula is C17H23ClN2O4S2. The molecule has 9 heteroatoms. The molecule has 0 amide bonds. The van der Waals surface area contributed by atoms with Crippen molar-refractivity contribution in [3.63, 3.8) is 0 Å². The Bertz CT molecular complexity index is 861. The first-order valence-electron chi connectivity index (χ1n) is 8.40. The maximum atomic E-state index is 12.5. The molecule has 6 nitrogen and oxygen atoms in total. The topological polar surface area (TPSA) is 84.5 Å². The summed E-state index contributed by atoms with van der Waals surface area (Å²) in [5.74, 6) is 0.158. The van der Waals surface area contributed by atoms with Crippen LogP contribution in [-0.2, 0) is 14.8 Å². The number of sulfonamides is 1. The zero-order valence-electron chi connectivity index (χ0n) is 14.5. The quantitative estimate of drug-likeness (QED) is 0.675. The molecule has 1 saturated heterocycles. The minimum Gasteiger partial charge on any atom is -0.462 e. The predicted octanol–water partition coefficient (Wildman–Crippen LogP) is 2.78. The van der Waals surface area contributed by atoms with E-state index in [9.17, 15) is 13.2 Å². The molecule has 1 aliphatic rings. The van der Waals surface area contributed by atoms with Crippen LogP contribution in [0.5, 0.6) is 0 Å².